The van der Waals surface area contributed by atoms with E-state index < -0.39 is 0 Å². The molecule has 3 rings (SSSR count). The van der Waals surface area contributed by atoms with Crippen LogP contribution in [0.4, 0.5) is 0 Å². The molecule has 0 amide bonds. The van der Waals surface area contributed by atoms with Crippen molar-refractivity contribution < 1.29 is 0 Å². The Kier molecular flexibility index (Phi) is 5.13. The fourth-order valence-corrected chi connectivity index (χ4v) is 3.99. The van der Waals surface area contributed by atoms with Crippen LogP contribution in [-0.2, 0) is 5.75 Å². The van der Waals surface area contributed by atoms with E-state index in [1.165, 1.54) is 11.8 Å². The van der Waals surface area contributed by atoms with Crippen molar-refractivity contribution in [1.82, 2.24) is 14.5 Å². The Bertz CT molecular complexity index is 936. The van der Waals surface area contributed by atoms with Crippen molar-refractivity contribution in [3.05, 3.63) is 62.6 Å². The summed E-state index contributed by atoms with van der Waals surface area (Å²) in [6.45, 7) is 3.95. The molecule has 0 aliphatic carbocycles. The second-order valence-corrected chi connectivity index (χ2v) is 7.31. The number of para-hydroxylation sites is 1. The van der Waals surface area contributed by atoms with Crippen LogP contribution in [0.25, 0.3) is 10.9 Å². The van der Waals surface area contributed by atoms with Gasteiger partial charge in [-0.15, -0.1) is 0 Å². The zero-order chi connectivity index (χ0) is 17.3. The molecule has 0 aliphatic rings. The summed E-state index contributed by atoms with van der Waals surface area (Å²) >= 11 is 13.4. The van der Waals surface area contributed by atoms with Gasteiger partial charge in [-0.05, 0) is 43.7 Å². The van der Waals surface area contributed by atoms with Crippen molar-refractivity contribution in [1.29, 1.82) is 0 Å². The highest BCUT2D eigenvalue weighted by Gasteiger charge is 2.14. The van der Waals surface area contributed by atoms with E-state index in [0.717, 1.165) is 5.56 Å². The van der Waals surface area contributed by atoms with Crippen LogP contribution in [0, 0.1) is 0 Å². The summed E-state index contributed by atoms with van der Waals surface area (Å²) < 4.78 is 1.72. The largest absolute Gasteiger partial charge is 0.285 e. The van der Waals surface area contributed by atoms with Crippen LogP contribution in [0.3, 0.4) is 0 Å². The first-order valence-corrected chi connectivity index (χ1v) is 9.16. The Morgan fingerprint density at radius 2 is 1.79 bits per heavy atom. The third-order valence-electron chi connectivity index (χ3n) is 3.48. The molecule has 0 spiro atoms. The molecule has 0 saturated carbocycles. The minimum atomic E-state index is -0.0242. The topological polar surface area (TPSA) is 47.8 Å². The smallest absolute Gasteiger partial charge is 0.262 e. The maximum atomic E-state index is 12.8. The maximum absolute atomic E-state index is 12.8. The van der Waals surface area contributed by atoms with Gasteiger partial charge in [0.15, 0.2) is 5.16 Å². The first-order valence-electron chi connectivity index (χ1n) is 7.42. The zero-order valence-corrected chi connectivity index (χ0v) is 15.5. The number of rotatable bonds is 4. The molecule has 124 valence electrons. The minimum absolute atomic E-state index is 0.0155. The summed E-state index contributed by atoms with van der Waals surface area (Å²) in [5.41, 5.74) is 1.61. The summed E-state index contributed by atoms with van der Waals surface area (Å²) in [6.07, 6.45) is 0. The lowest BCUT2D eigenvalue weighted by Crippen LogP contribution is -2.25. The second-order valence-electron chi connectivity index (χ2n) is 5.59. The molecule has 0 aliphatic heterocycles. The molecule has 24 heavy (non-hydrogen) atoms. The van der Waals surface area contributed by atoms with Crippen molar-refractivity contribution in [3.8, 4) is 0 Å². The normalized spacial score (nSPS) is 11.4. The lowest BCUT2D eigenvalue weighted by atomic mass is 10.2. The van der Waals surface area contributed by atoms with Gasteiger partial charge in [0.1, 0.15) is 10.3 Å². The number of fused-ring (bicyclic) bond motifs is 1. The molecule has 0 saturated heterocycles. The molecule has 0 N–H and O–H groups in total. The van der Waals surface area contributed by atoms with Crippen LogP contribution in [0.1, 0.15) is 25.5 Å². The summed E-state index contributed by atoms with van der Waals surface area (Å²) in [6, 6.07) is 10.9. The molecule has 4 nitrogen and oxygen atoms in total. The highest BCUT2D eigenvalue weighted by Crippen LogP contribution is 2.26. The zero-order valence-electron chi connectivity index (χ0n) is 13.2. The van der Waals surface area contributed by atoms with Crippen molar-refractivity contribution in [2.24, 2.45) is 0 Å². The van der Waals surface area contributed by atoms with Crippen LogP contribution < -0.4 is 5.56 Å². The van der Waals surface area contributed by atoms with E-state index in [0.29, 0.717) is 32.1 Å². The molecule has 2 heterocycles. The average Bonchev–Trinajstić information content (AvgIpc) is 2.51. The van der Waals surface area contributed by atoms with E-state index in [-0.39, 0.29) is 11.6 Å². The highest BCUT2D eigenvalue weighted by molar-refractivity contribution is 7.98. The van der Waals surface area contributed by atoms with Gasteiger partial charge in [0.25, 0.3) is 5.56 Å². The standard InChI is InChI=1S/C17H15Cl2N3OS/c1-10(2)22-16(23)12-5-3-4-6-13(12)20-17(22)24-9-11-7-14(18)21-15(19)8-11/h3-8,10H,9H2,1-2H3. The highest BCUT2D eigenvalue weighted by atomic mass is 35.5. The molecular weight excluding hydrogens is 365 g/mol. The first-order chi connectivity index (χ1) is 11.5. The van der Waals surface area contributed by atoms with Crippen molar-refractivity contribution >= 4 is 45.9 Å². The Labute approximate surface area is 153 Å². The number of nitrogens with zero attached hydrogens (tertiary/aromatic N) is 3. The number of aromatic nitrogens is 3. The van der Waals surface area contributed by atoms with Gasteiger partial charge in [-0.1, -0.05) is 47.1 Å². The molecule has 0 unspecified atom stereocenters. The molecule has 0 radical (unpaired) electrons. The molecule has 7 heteroatoms. The van der Waals surface area contributed by atoms with Gasteiger partial charge in [0.2, 0.25) is 0 Å². The molecular formula is C17H15Cl2N3OS. The lowest BCUT2D eigenvalue weighted by Gasteiger charge is -2.16. The van der Waals surface area contributed by atoms with Crippen molar-refractivity contribution in [2.45, 2.75) is 30.8 Å². The predicted molar refractivity (Wildman–Crippen MR) is 100 cm³/mol. The Balaban J connectivity index is 2.02. The van der Waals surface area contributed by atoms with Crippen molar-refractivity contribution in [2.75, 3.05) is 0 Å². The lowest BCUT2D eigenvalue weighted by molar-refractivity contribution is 0.519. The number of pyridine rings is 1. The van der Waals surface area contributed by atoms with Crippen LogP contribution in [0.5, 0.6) is 0 Å². The van der Waals surface area contributed by atoms with Gasteiger partial charge >= 0.3 is 0 Å². The van der Waals surface area contributed by atoms with E-state index in [9.17, 15) is 4.79 Å². The molecule has 1 aromatic carbocycles. The maximum Gasteiger partial charge on any atom is 0.262 e. The van der Waals surface area contributed by atoms with Gasteiger partial charge in [-0.2, -0.15) is 0 Å². The third-order valence-corrected chi connectivity index (χ3v) is 4.89. The van der Waals surface area contributed by atoms with Gasteiger partial charge in [-0.3, -0.25) is 9.36 Å². The Morgan fingerprint density at radius 1 is 1.12 bits per heavy atom. The number of hydrogen-bond donors (Lipinski definition) is 0. The van der Waals surface area contributed by atoms with Gasteiger partial charge in [0.05, 0.1) is 10.9 Å². The molecule has 0 atom stereocenters. The SMILES string of the molecule is CC(C)n1c(SCc2cc(Cl)nc(Cl)c2)nc2ccccc2c1=O. The van der Waals surface area contributed by atoms with Crippen LogP contribution in [-0.4, -0.2) is 14.5 Å². The number of hydrogen-bond acceptors (Lipinski definition) is 4. The summed E-state index contributed by atoms with van der Waals surface area (Å²) in [5.74, 6) is 0.597. The van der Waals surface area contributed by atoms with E-state index >= 15 is 0 Å². The molecule has 3 aromatic rings. The van der Waals surface area contributed by atoms with Gasteiger partial charge in [0, 0.05) is 11.8 Å². The van der Waals surface area contributed by atoms with Gasteiger partial charge < -0.3 is 0 Å². The molecule has 0 fully saturated rings. The van der Waals surface area contributed by atoms with E-state index in [1.807, 2.05) is 32.0 Å². The van der Waals surface area contributed by atoms with Crippen LogP contribution in [0.2, 0.25) is 10.3 Å². The van der Waals surface area contributed by atoms with E-state index in [4.69, 9.17) is 23.2 Å². The minimum Gasteiger partial charge on any atom is -0.285 e. The summed E-state index contributed by atoms with van der Waals surface area (Å²) in [5, 5.41) is 2.01. The monoisotopic (exact) mass is 379 g/mol. The third kappa shape index (κ3) is 3.58. The van der Waals surface area contributed by atoms with Gasteiger partial charge in [-0.25, -0.2) is 9.97 Å². The Hall–Kier alpha value is -1.56. The van der Waals surface area contributed by atoms with Crippen molar-refractivity contribution in [3.63, 3.8) is 0 Å². The summed E-state index contributed by atoms with van der Waals surface area (Å²) in [7, 11) is 0. The summed E-state index contributed by atoms with van der Waals surface area (Å²) in [4.78, 5) is 21.4. The quantitative estimate of drug-likeness (QED) is 0.364. The second kappa shape index (κ2) is 7.13. The predicted octanol–water partition coefficient (Wildman–Crippen LogP) is 4.97. The number of thioether (sulfide) groups is 1. The van der Waals surface area contributed by atoms with Crippen LogP contribution >= 0.6 is 35.0 Å². The van der Waals surface area contributed by atoms with Crippen LogP contribution in [0.15, 0.2) is 46.3 Å². The van der Waals surface area contributed by atoms with E-state index in [1.54, 1.807) is 22.8 Å². The average molecular weight is 380 g/mol. The van der Waals surface area contributed by atoms with E-state index in [2.05, 4.69) is 9.97 Å². The molecule has 0 bridgehead atoms. The fourth-order valence-electron chi connectivity index (χ4n) is 2.43. The Morgan fingerprint density at radius 3 is 2.46 bits per heavy atom. The fraction of sp³-hybridized carbons (Fsp3) is 0.235. The number of benzene rings is 1. The first kappa shape index (κ1) is 17.3. The number of halogens is 2. The molecule has 2 aromatic heterocycles.